The standard InChI is InChI=1S/C26H23FNO5P/c1-18(2)17-25(31,23-10-6-9-22(28-23)20-7-4-3-5-8-20)26(24(29)30,34(32)33)16-15-19-11-13-21(27)14-12-19/h3-14,18,31H,17H2,1-2H3,(H-,29,30,32,33)/p+1. The minimum atomic E-state index is -3.58. The van der Waals surface area contributed by atoms with Crippen molar-refractivity contribution in [3.05, 3.63) is 89.9 Å². The second-order valence-corrected chi connectivity index (χ2v) is 9.49. The van der Waals surface area contributed by atoms with Crippen molar-refractivity contribution < 1.29 is 28.9 Å². The van der Waals surface area contributed by atoms with E-state index in [1.807, 2.05) is 18.2 Å². The number of pyridine rings is 1. The zero-order valence-corrected chi connectivity index (χ0v) is 19.5. The van der Waals surface area contributed by atoms with Crippen LogP contribution in [0.1, 0.15) is 31.5 Å². The molecule has 174 valence electrons. The fourth-order valence-electron chi connectivity index (χ4n) is 3.78. The topological polar surface area (TPSA) is 108 Å². The summed E-state index contributed by atoms with van der Waals surface area (Å²) in [5.74, 6) is 2.36. The van der Waals surface area contributed by atoms with Crippen molar-refractivity contribution in [1.29, 1.82) is 0 Å². The molecule has 3 rings (SSSR count). The average Bonchev–Trinajstić information content (AvgIpc) is 2.80. The average molecular weight is 480 g/mol. The van der Waals surface area contributed by atoms with Gasteiger partial charge in [0.2, 0.25) is 0 Å². The van der Waals surface area contributed by atoms with Gasteiger partial charge in [-0.25, -0.2) is 14.2 Å². The van der Waals surface area contributed by atoms with Crippen molar-refractivity contribution in [3.63, 3.8) is 0 Å². The number of carbonyl (C=O) groups is 1. The van der Waals surface area contributed by atoms with Gasteiger partial charge in [0.1, 0.15) is 5.82 Å². The SMILES string of the molecule is CC(C)CC(O)(c1cccc(-c2ccccc2)n1)C(C#Cc1ccc(F)cc1)(C(=O)O)[P+](=O)O. The van der Waals surface area contributed by atoms with E-state index in [0.29, 0.717) is 5.69 Å². The molecular formula is C26H24FNO5P+. The summed E-state index contributed by atoms with van der Waals surface area (Å²) >= 11 is 0. The Kier molecular flexibility index (Phi) is 7.58. The molecule has 34 heavy (non-hydrogen) atoms. The van der Waals surface area contributed by atoms with Crippen LogP contribution in [0, 0.1) is 23.6 Å². The number of halogens is 1. The molecule has 1 heterocycles. The van der Waals surface area contributed by atoms with Gasteiger partial charge >= 0.3 is 19.2 Å². The summed E-state index contributed by atoms with van der Waals surface area (Å²) in [6.07, 6.45) is -0.204. The molecule has 0 saturated heterocycles. The van der Waals surface area contributed by atoms with E-state index in [4.69, 9.17) is 0 Å². The van der Waals surface area contributed by atoms with E-state index in [1.165, 1.54) is 18.2 Å². The zero-order valence-electron chi connectivity index (χ0n) is 18.6. The quantitative estimate of drug-likeness (QED) is 0.333. The van der Waals surface area contributed by atoms with Gasteiger partial charge in [0, 0.05) is 11.1 Å². The highest BCUT2D eigenvalue weighted by Crippen LogP contribution is 2.51. The molecule has 0 aliphatic carbocycles. The Hall–Kier alpha value is -3.43. The zero-order chi connectivity index (χ0) is 24.9. The maximum Gasteiger partial charge on any atom is 0.541 e. The molecule has 3 aromatic rings. The van der Waals surface area contributed by atoms with Crippen molar-refractivity contribution in [1.82, 2.24) is 4.98 Å². The van der Waals surface area contributed by atoms with Crippen LogP contribution in [0.3, 0.4) is 0 Å². The molecule has 2 aromatic carbocycles. The Bertz CT molecular complexity index is 1240. The summed E-state index contributed by atoms with van der Waals surface area (Å²) in [7, 11) is -3.58. The van der Waals surface area contributed by atoms with E-state index in [9.17, 15) is 28.9 Å². The maximum atomic E-state index is 13.3. The Morgan fingerprint density at radius 3 is 2.26 bits per heavy atom. The first-order valence-electron chi connectivity index (χ1n) is 10.5. The highest BCUT2D eigenvalue weighted by molar-refractivity contribution is 7.42. The van der Waals surface area contributed by atoms with E-state index >= 15 is 0 Å². The third kappa shape index (κ3) is 4.90. The molecule has 3 N–H and O–H groups in total. The molecule has 0 aliphatic heterocycles. The van der Waals surface area contributed by atoms with Gasteiger partial charge < -0.3 is 10.2 Å². The number of aromatic nitrogens is 1. The molecule has 3 atom stereocenters. The van der Waals surface area contributed by atoms with Gasteiger partial charge in [-0.05, 0) is 59.2 Å². The van der Waals surface area contributed by atoms with Gasteiger partial charge in [-0.3, -0.25) is 0 Å². The van der Waals surface area contributed by atoms with Crippen LogP contribution in [0.2, 0.25) is 0 Å². The van der Waals surface area contributed by atoms with Gasteiger partial charge in [0.25, 0.3) is 0 Å². The molecule has 0 saturated carbocycles. The predicted molar refractivity (Wildman–Crippen MR) is 126 cm³/mol. The van der Waals surface area contributed by atoms with Gasteiger partial charge in [-0.1, -0.05) is 56.2 Å². The van der Waals surface area contributed by atoms with Gasteiger partial charge in [0.15, 0.2) is 5.60 Å². The first-order chi connectivity index (χ1) is 16.1. The molecule has 6 nitrogen and oxygen atoms in total. The van der Waals surface area contributed by atoms with E-state index in [-0.39, 0.29) is 23.6 Å². The number of carboxylic acid groups (broad SMARTS) is 1. The summed E-state index contributed by atoms with van der Waals surface area (Å²) < 4.78 is 26.0. The van der Waals surface area contributed by atoms with Gasteiger partial charge in [-0.2, -0.15) is 4.89 Å². The molecule has 0 aliphatic rings. The van der Waals surface area contributed by atoms with Crippen molar-refractivity contribution in [2.45, 2.75) is 31.0 Å². The van der Waals surface area contributed by atoms with Crippen LogP contribution >= 0.6 is 8.03 Å². The Balaban J connectivity index is 2.27. The monoisotopic (exact) mass is 480 g/mol. The summed E-state index contributed by atoms with van der Waals surface area (Å²) in [6, 6.07) is 18.7. The minimum absolute atomic E-state index is 0.0873. The molecule has 0 radical (unpaired) electrons. The van der Waals surface area contributed by atoms with Crippen LogP contribution in [-0.4, -0.2) is 31.2 Å². The number of benzene rings is 2. The number of hydrogen-bond acceptors (Lipinski definition) is 4. The fraction of sp³-hybridized carbons (Fsp3) is 0.231. The molecule has 3 unspecified atom stereocenters. The minimum Gasteiger partial charge on any atom is -0.477 e. The second kappa shape index (κ2) is 10.2. The lowest BCUT2D eigenvalue weighted by Gasteiger charge is -2.34. The van der Waals surface area contributed by atoms with Crippen LogP contribution in [0.15, 0.2) is 72.8 Å². The number of nitrogens with zero attached hydrogens (tertiary/aromatic N) is 1. The number of rotatable bonds is 7. The Morgan fingerprint density at radius 1 is 1.06 bits per heavy atom. The molecule has 0 fully saturated rings. The normalized spacial score (nSPS) is 14.9. The molecule has 8 heteroatoms. The number of hydrogen-bond donors (Lipinski definition) is 3. The number of carboxylic acids is 1. The van der Waals surface area contributed by atoms with Crippen LogP contribution in [0.4, 0.5) is 4.39 Å². The maximum absolute atomic E-state index is 13.3. The van der Waals surface area contributed by atoms with Crippen LogP contribution in [0.25, 0.3) is 11.3 Å². The summed E-state index contributed by atoms with van der Waals surface area (Å²) in [5, 5.41) is 19.4. The Labute approximate surface area is 198 Å². The van der Waals surface area contributed by atoms with Gasteiger partial charge in [-0.15, -0.1) is 0 Å². The molecular weight excluding hydrogens is 456 g/mol. The summed E-state index contributed by atoms with van der Waals surface area (Å²) in [4.78, 5) is 27.4. The lowest BCUT2D eigenvalue weighted by atomic mass is 9.77. The van der Waals surface area contributed by atoms with E-state index in [1.54, 1.807) is 38.1 Å². The largest absolute Gasteiger partial charge is 0.541 e. The van der Waals surface area contributed by atoms with Crippen LogP contribution in [-0.2, 0) is 15.0 Å². The van der Waals surface area contributed by atoms with Crippen molar-refractivity contribution >= 4 is 14.0 Å². The molecule has 1 aromatic heterocycles. The lowest BCUT2D eigenvalue weighted by Crippen LogP contribution is -2.55. The number of aliphatic hydroxyl groups is 1. The Morgan fingerprint density at radius 2 is 1.71 bits per heavy atom. The fourth-order valence-corrected chi connectivity index (χ4v) is 4.62. The smallest absolute Gasteiger partial charge is 0.477 e. The first kappa shape index (κ1) is 25.2. The molecule has 0 spiro atoms. The van der Waals surface area contributed by atoms with Crippen molar-refractivity contribution in [2.75, 3.05) is 0 Å². The number of aliphatic carboxylic acids is 1. The highest BCUT2D eigenvalue weighted by atomic mass is 31.1. The molecule has 0 amide bonds. The third-order valence-electron chi connectivity index (χ3n) is 5.37. The third-order valence-corrected chi connectivity index (χ3v) is 6.62. The second-order valence-electron chi connectivity index (χ2n) is 8.28. The summed E-state index contributed by atoms with van der Waals surface area (Å²) in [5.41, 5.74) is -1.10. The predicted octanol–water partition coefficient (Wildman–Crippen LogP) is 4.73. The van der Waals surface area contributed by atoms with Crippen LogP contribution in [0.5, 0.6) is 0 Å². The lowest BCUT2D eigenvalue weighted by molar-refractivity contribution is -0.147. The van der Waals surface area contributed by atoms with E-state index in [0.717, 1.165) is 17.7 Å². The molecule has 0 bridgehead atoms. The van der Waals surface area contributed by atoms with Gasteiger partial charge in [0.05, 0.1) is 11.4 Å². The van der Waals surface area contributed by atoms with Crippen molar-refractivity contribution in [3.8, 4) is 23.1 Å². The highest BCUT2D eigenvalue weighted by Gasteiger charge is 2.72. The first-order valence-corrected chi connectivity index (χ1v) is 11.7. The summed E-state index contributed by atoms with van der Waals surface area (Å²) in [6.45, 7) is 3.49. The van der Waals surface area contributed by atoms with E-state index in [2.05, 4.69) is 16.8 Å². The van der Waals surface area contributed by atoms with Crippen LogP contribution < -0.4 is 0 Å². The van der Waals surface area contributed by atoms with Crippen molar-refractivity contribution in [2.24, 2.45) is 5.92 Å². The van der Waals surface area contributed by atoms with E-state index < -0.39 is 30.6 Å².